The van der Waals surface area contributed by atoms with Crippen LogP contribution in [0.2, 0.25) is 0 Å². The van der Waals surface area contributed by atoms with Gasteiger partial charge in [-0.15, -0.1) is 0 Å². The lowest BCUT2D eigenvalue weighted by Gasteiger charge is -2.25. The van der Waals surface area contributed by atoms with Gasteiger partial charge in [-0.3, -0.25) is 14.5 Å². The Kier molecular flexibility index (Phi) is 5.93. The summed E-state index contributed by atoms with van der Waals surface area (Å²) in [5, 5.41) is 11.5. The minimum absolute atomic E-state index is 0.110. The van der Waals surface area contributed by atoms with E-state index >= 15 is 0 Å². The first-order chi connectivity index (χ1) is 17.3. The largest absolute Gasteiger partial charge is 0.507 e. The van der Waals surface area contributed by atoms with Gasteiger partial charge in [0.1, 0.15) is 29.1 Å². The number of anilines is 1. The summed E-state index contributed by atoms with van der Waals surface area (Å²) in [5.74, 6) is -1.64. The zero-order valence-electron chi connectivity index (χ0n) is 19.6. The molecular formula is C27H21FN2O5S. The number of aryl methyl sites for hydroxylation is 1. The Morgan fingerprint density at radius 1 is 1.03 bits per heavy atom. The quantitative estimate of drug-likeness (QED) is 0.223. The molecule has 36 heavy (non-hydrogen) atoms. The third-order valence-electron chi connectivity index (χ3n) is 6.05. The highest BCUT2D eigenvalue weighted by molar-refractivity contribution is 7.22. The molecule has 0 spiro atoms. The number of ketones is 1. The van der Waals surface area contributed by atoms with Crippen LogP contribution >= 0.6 is 11.3 Å². The molecular weight excluding hydrogens is 483 g/mol. The maximum atomic E-state index is 13.8. The molecule has 7 nitrogen and oxygen atoms in total. The Morgan fingerprint density at radius 2 is 1.78 bits per heavy atom. The average Bonchev–Trinajstić information content (AvgIpc) is 3.41. The number of thiazole rings is 1. The summed E-state index contributed by atoms with van der Waals surface area (Å²) < 4.78 is 25.3. The Bertz CT molecular complexity index is 1540. The van der Waals surface area contributed by atoms with Crippen LogP contribution in [0.1, 0.15) is 22.7 Å². The molecule has 1 aliphatic rings. The molecule has 0 aliphatic carbocycles. The Labute approximate surface area is 210 Å². The van der Waals surface area contributed by atoms with Crippen molar-refractivity contribution in [3.63, 3.8) is 0 Å². The summed E-state index contributed by atoms with van der Waals surface area (Å²) in [6.45, 7) is 1.90. The molecule has 3 aromatic carbocycles. The minimum Gasteiger partial charge on any atom is -0.507 e. The van der Waals surface area contributed by atoms with E-state index in [1.54, 1.807) is 42.5 Å². The number of methoxy groups -OCH3 is 2. The van der Waals surface area contributed by atoms with E-state index in [0.29, 0.717) is 32.8 Å². The zero-order valence-corrected chi connectivity index (χ0v) is 20.4. The van der Waals surface area contributed by atoms with Crippen molar-refractivity contribution in [3.8, 4) is 11.5 Å². The third-order valence-corrected chi connectivity index (χ3v) is 7.06. The van der Waals surface area contributed by atoms with Crippen LogP contribution in [-0.4, -0.2) is 36.0 Å². The second kappa shape index (κ2) is 9.09. The number of hydrogen-bond acceptors (Lipinski definition) is 7. The maximum Gasteiger partial charge on any atom is 0.301 e. The summed E-state index contributed by atoms with van der Waals surface area (Å²) in [6, 6.07) is 15.0. The van der Waals surface area contributed by atoms with Crippen LogP contribution in [-0.2, 0) is 9.59 Å². The molecule has 1 saturated heterocycles. The normalized spacial score (nSPS) is 17.1. The summed E-state index contributed by atoms with van der Waals surface area (Å²) in [6.07, 6.45) is 0. The van der Waals surface area contributed by atoms with Gasteiger partial charge in [0.05, 0.1) is 30.0 Å². The highest BCUT2D eigenvalue weighted by atomic mass is 32.1. The van der Waals surface area contributed by atoms with E-state index < -0.39 is 23.5 Å². The van der Waals surface area contributed by atoms with Gasteiger partial charge in [-0.2, -0.15) is 0 Å². The number of aromatic nitrogens is 1. The van der Waals surface area contributed by atoms with Gasteiger partial charge in [-0.1, -0.05) is 41.2 Å². The van der Waals surface area contributed by atoms with Crippen molar-refractivity contribution in [3.05, 3.63) is 88.7 Å². The highest BCUT2D eigenvalue weighted by Crippen LogP contribution is 2.47. The van der Waals surface area contributed by atoms with Gasteiger partial charge in [-0.05, 0) is 43.3 Å². The van der Waals surface area contributed by atoms with E-state index in [2.05, 4.69) is 4.98 Å². The van der Waals surface area contributed by atoms with E-state index in [-0.39, 0.29) is 16.5 Å². The van der Waals surface area contributed by atoms with Gasteiger partial charge < -0.3 is 14.6 Å². The van der Waals surface area contributed by atoms with Crippen LogP contribution in [0.15, 0.2) is 66.2 Å². The number of carbonyl (C=O) groups excluding carboxylic acids is 2. The molecule has 1 aromatic heterocycles. The summed E-state index contributed by atoms with van der Waals surface area (Å²) in [4.78, 5) is 32.6. The number of halogens is 1. The van der Waals surface area contributed by atoms with Crippen molar-refractivity contribution in [2.75, 3.05) is 19.1 Å². The molecule has 1 amide bonds. The number of benzene rings is 3. The van der Waals surface area contributed by atoms with Gasteiger partial charge in [0.2, 0.25) is 0 Å². The fourth-order valence-electron chi connectivity index (χ4n) is 4.23. The molecule has 1 fully saturated rings. The molecule has 9 heteroatoms. The Hall–Kier alpha value is -4.24. The number of aliphatic hydroxyl groups excluding tert-OH is 1. The molecule has 0 radical (unpaired) electrons. The molecule has 1 atom stereocenters. The van der Waals surface area contributed by atoms with E-state index in [1.807, 2.05) is 6.92 Å². The number of nitrogens with zero attached hydrogens (tertiary/aromatic N) is 2. The molecule has 4 aromatic rings. The van der Waals surface area contributed by atoms with Crippen molar-refractivity contribution in [1.82, 2.24) is 4.98 Å². The molecule has 1 aliphatic heterocycles. The molecule has 2 heterocycles. The van der Waals surface area contributed by atoms with Crippen LogP contribution < -0.4 is 14.4 Å². The molecule has 0 saturated carbocycles. The van der Waals surface area contributed by atoms with Crippen molar-refractivity contribution < 1.29 is 28.6 Å². The second-order valence-corrected chi connectivity index (χ2v) is 9.26. The fourth-order valence-corrected chi connectivity index (χ4v) is 5.25. The van der Waals surface area contributed by atoms with Gasteiger partial charge in [0.15, 0.2) is 5.13 Å². The topological polar surface area (TPSA) is 89.0 Å². The van der Waals surface area contributed by atoms with E-state index in [9.17, 15) is 19.1 Å². The van der Waals surface area contributed by atoms with Crippen LogP contribution in [0.25, 0.3) is 16.0 Å². The number of amides is 1. The maximum absolute atomic E-state index is 13.8. The number of rotatable bonds is 5. The Balaban J connectivity index is 1.78. The van der Waals surface area contributed by atoms with Gasteiger partial charge in [-0.25, -0.2) is 9.37 Å². The van der Waals surface area contributed by atoms with Crippen molar-refractivity contribution >= 4 is 44.1 Å². The van der Waals surface area contributed by atoms with E-state index in [0.717, 1.165) is 16.9 Å². The molecule has 0 unspecified atom stereocenters. The molecule has 5 rings (SSSR count). The number of ether oxygens (including phenoxy) is 2. The SMILES string of the molecule is COc1ccc(OC)c([C@@H]2/C(=C(\O)c3ccc(C)cc3)C(=O)C(=O)N2c2nc3ccc(F)cc3s2)c1. The first-order valence-electron chi connectivity index (χ1n) is 11.0. The standard InChI is InChI=1S/C27H21FN2O5S/c1-14-4-6-15(7-5-14)24(31)22-23(18-13-17(34-2)9-11-20(18)35-3)30(26(33)25(22)32)27-29-19-10-8-16(28)12-21(19)36-27/h4-13,23,31H,1-3H3/b24-22+/t23-/m1/s1. The van der Waals surface area contributed by atoms with Gasteiger partial charge >= 0.3 is 5.91 Å². The summed E-state index contributed by atoms with van der Waals surface area (Å²) in [5.41, 5.74) is 2.15. The lowest BCUT2D eigenvalue weighted by Crippen LogP contribution is -2.29. The predicted molar refractivity (Wildman–Crippen MR) is 135 cm³/mol. The fraction of sp³-hybridized carbons (Fsp3) is 0.148. The van der Waals surface area contributed by atoms with Crippen LogP contribution in [0.3, 0.4) is 0 Å². The van der Waals surface area contributed by atoms with Crippen LogP contribution in [0.4, 0.5) is 9.52 Å². The van der Waals surface area contributed by atoms with Crippen LogP contribution in [0, 0.1) is 12.7 Å². The van der Waals surface area contributed by atoms with Crippen LogP contribution in [0.5, 0.6) is 11.5 Å². The van der Waals surface area contributed by atoms with Crippen molar-refractivity contribution in [2.24, 2.45) is 0 Å². The van der Waals surface area contributed by atoms with Gasteiger partial charge in [0, 0.05) is 11.1 Å². The van der Waals surface area contributed by atoms with E-state index in [4.69, 9.17) is 9.47 Å². The average molecular weight is 505 g/mol. The number of hydrogen-bond donors (Lipinski definition) is 1. The van der Waals surface area contributed by atoms with Gasteiger partial charge in [0.25, 0.3) is 5.78 Å². The molecule has 182 valence electrons. The summed E-state index contributed by atoms with van der Waals surface area (Å²) >= 11 is 1.07. The molecule has 1 N–H and O–H groups in total. The highest BCUT2D eigenvalue weighted by Gasteiger charge is 2.49. The molecule has 0 bridgehead atoms. The monoisotopic (exact) mass is 504 g/mol. The first-order valence-corrected chi connectivity index (χ1v) is 11.8. The second-order valence-electron chi connectivity index (χ2n) is 8.25. The lowest BCUT2D eigenvalue weighted by molar-refractivity contribution is -0.132. The summed E-state index contributed by atoms with van der Waals surface area (Å²) in [7, 11) is 2.97. The lowest BCUT2D eigenvalue weighted by atomic mass is 9.94. The number of carbonyl (C=O) groups is 2. The zero-order chi connectivity index (χ0) is 25.6. The predicted octanol–water partition coefficient (Wildman–Crippen LogP) is 5.39. The third kappa shape index (κ3) is 3.87. The number of aliphatic hydroxyl groups is 1. The number of fused-ring (bicyclic) bond motifs is 1. The van der Waals surface area contributed by atoms with Crippen molar-refractivity contribution in [1.29, 1.82) is 0 Å². The minimum atomic E-state index is -1.07. The Morgan fingerprint density at radius 3 is 2.47 bits per heavy atom. The van der Waals surface area contributed by atoms with E-state index in [1.165, 1.54) is 37.3 Å². The van der Waals surface area contributed by atoms with Crippen molar-refractivity contribution in [2.45, 2.75) is 13.0 Å². The first kappa shape index (κ1) is 23.5. The number of Topliss-reactive ketones (excluding diaryl/α,β-unsaturated/α-hetero) is 1. The smallest absolute Gasteiger partial charge is 0.301 e.